The number of hydrogen-bond donors (Lipinski definition) is 1. The molecule has 0 fully saturated rings. The number of esters is 1. The molecule has 1 atom stereocenters. The van der Waals surface area contributed by atoms with Gasteiger partial charge < -0.3 is 10.1 Å². The van der Waals surface area contributed by atoms with Gasteiger partial charge in [-0.25, -0.2) is 22.4 Å². The van der Waals surface area contributed by atoms with E-state index >= 15 is 0 Å². The molecule has 0 bridgehead atoms. The molecule has 2 rings (SSSR count). The van der Waals surface area contributed by atoms with Crippen molar-refractivity contribution in [3.8, 4) is 0 Å². The summed E-state index contributed by atoms with van der Waals surface area (Å²) in [5.74, 6) is -9.78. The third kappa shape index (κ3) is 4.46. The van der Waals surface area contributed by atoms with Crippen LogP contribution in [0.15, 0.2) is 11.2 Å². The van der Waals surface area contributed by atoms with Crippen LogP contribution in [0, 0.1) is 23.3 Å². The molecule has 1 aliphatic heterocycles. The lowest BCUT2D eigenvalue weighted by Crippen LogP contribution is -2.40. The molecule has 152 valence electrons. The molecule has 28 heavy (non-hydrogen) atoms. The number of rotatable bonds is 6. The van der Waals surface area contributed by atoms with E-state index in [2.05, 4.69) is 10.4 Å². The Labute approximate surface area is 157 Å². The highest BCUT2D eigenvalue weighted by Gasteiger charge is 2.33. The number of hydrogen-bond acceptors (Lipinski definition) is 5. The van der Waals surface area contributed by atoms with E-state index in [9.17, 15) is 31.9 Å². The number of nitrogens with one attached hydrogen (secondary N) is 1. The molecule has 1 aromatic carbocycles. The second-order valence-corrected chi connectivity index (χ2v) is 5.91. The Morgan fingerprint density at radius 1 is 1.21 bits per heavy atom. The van der Waals surface area contributed by atoms with Crippen molar-refractivity contribution < 1.29 is 36.7 Å². The van der Waals surface area contributed by atoms with Gasteiger partial charge in [-0.3, -0.25) is 9.59 Å². The minimum atomic E-state index is -1.84. The van der Waals surface area contributed by atoms with Crippen LogP contribution >= 0.6 is 0 Å². The van der Waals surface area contributed by atoms with Crippen LogP contribution < -0.4 is 10.3 Å². The molecule has 1 aromatic rings. The first-order valence-corrected chi connectivity index (χ1v) is 8.39. The first kappa shape index (κ1) is 21.3. The maximum absolute atomic E-state index is 13.9. The molecule has 0 aliphatic carbocycles. The SMILES string of the molecule is CCCNC(=O)[C@H](C)OC(=O)C1=NN(c2c(F)c(F)cc(F)c2F)C(=O)CC1. The number of nitrogens with zero attached hydrogens (tertiary/aromatic N) is 2. The molecule has 0 unspecified atom stereocenters. The zero-order valence-corrected chi connectivity index (χ0v) is 15.0. The van der Waals surface area contributed by atoms with Gasteiger partial charge >= 0.3 is 5.97 Å². The zero-order chi connectivity index (χ0) is 21.0. The van der Waals surface area contributed by atoms with Crippen molar-refractivity contribution in [3.05, 3.63) is 29.3 Å². The molecular formula is C17H17F4N3O4. The second-order valence-electron chi connectivity index (χ2n) is 5.91. The standard InChI is InChI=1S/C17H17F4N3O4/c1-3-6-22-16(26)8(2)28-17(27)11-4-5-12(25)24(23-11)15-13(20)9(18)7-10(19)14(15)21/h7-8H,3-6H2,1-2H3,(H,22,26)/t8-/m0/s1. The number of anilines is 1. The summed E-state index contributed by atoms with van der Waals surface area (Å²) in [4.78, 5) is 35.9. The van der Waals surface area contributed by atoms with E-state index in [1.807, 2.05) is 6.92 Å². The summed E-state index contributed by atoms with van der Waals surface area (Å²) in [6.45, 7) is 3.50. The van der Waals surface area contributed by atoms with E-state index in [-0.39, 0.29) is 17.5 Å². The Balaban J connectivity index is 2.28. The topological polar surface area (TPSA) is 88.1 Å². The predicted octanol–water partition coefficient (Wildman–Crippen LogP) is 2.18. The molecule has 0 spiro atoms. The van der Waals surface area contributed by atoms with Crippen LogP contribution in [-0.2, 0) is 19.1 Å². The second kappa shape index (κ2) is 8.81. The largest absolute Gasteiger partial charge is 0.448 e. The summed E-state index contributed by atoms with van der Waals surface area (Å²) in [6.07, 6.45) is -1.18. The van der Waals surface area contributed by atoms with Gasteiger partial charge in [0.25, 0.3) is 5.91 Å². The maximum Gasteiger partial charge on any atom is 0.355 e. The van der Waals surface area contributed by atoms with E-state index in [0.29, 0.717) is 13.0 Å². The van der Waals surface area contributed by atoms with Crippen molar-refractivity contribution in [2.45, 2.75) is 39.2 Å². The highest BCUT2D eigenvalue weighted by Crippen LogP contribution is 2.30. The highest BCUT2D eigenvalue weighted by atomic mass is 19.2. The van der Waals surface area contributed by atoms with Crippen LogP contribution in [0.2, 0.25) is 0 Å². The average molecular weight is 403 g/mol. The number of ether oxygens (including phenoxy) is 1. The van der Waals surface area contributed by atoms with Crippen molar-refractivity contribution in [2.24, 2.45) is 5.10 Å². The van der Waals surface area contributed by atoms with Crippen LogP contribution in [0.1, 0.15) is 33.1 Å². The van der Waals surface area contributed by atoms with Gasteiger partial charge in [-0.1, -0.05) is 6.92 Å². The average Bonchev–Trinajstić information content (AvgIpc) is 2.65. The van der Waals surface area contributed by atoms with Gasteiger partial charge in [0.05, 0.1) is 0 Å². The molecule has 0 radical (unpaired) electrons. The lowest BCUT2D eigenvalue weighted by Gasteiger charge is -2.24. The predicted molar refractivity (Wildman–Crippen MR) is 89.3 cm³/mol. The van der Waals surface area contributed by atoms with Gasteiger partial charge in [-0.15, -0.1) is 0 Å². The Morgan fingerprint density at radius 3 is 2.39 bits per heavy atom. The highest BCUT2D eigenvalue weighted by molar-refractivity contribution is 6.38. The van der Waals surface area contributed by atoms with Crippen LogP contribution in [-0.4, -0.2) is 36.1 Å². The molecule has 0 saturated carbocycles. The van der Waals surface area contributed by atoms with Gasteiger partial charge in [0, 0.05) is 25.5 Å². The molecular weight excluding hydrogens is 386 g/mol. The minimum Gasteiger partial charge on any atom is -0.448 e. The monoisotopic (exact) mass is 403 g/mol. The molecule has 1 N–H and O–H groups in total. The summed E-state index contributed by atoms with van der Waals surface area (Å²) < 4.78 is 59.7. The molecule has 1 heterocycles. The number of amides is 2. The third-order valence-electron chi connectivity index (χ3n) is 3.77. The van der Waals surface area contributed by atoms with E-state index in [0.717, 1.165) is 0 Å². The Bertz CT molecular complexity index is 818. The Kier molecular flexibility index (Phi) is 6.71. The number of carbonyl (C=O) groups excluding carboxylic acids is 3. The Morgan fingerprint density at radius 2 is 1.82 bits per heavy atom. The van der Waals surface area contributed by atoms with Crippen molar-refractivity contribution >= 4 is 29.2 Å². The Hall–Kier alpha value is -2.98. The van der Waals surface area contributed by atoms with Crippen LogP contribution in [0.5, 0.6) is 0 Å². The minimum absolute atomic E-state index is 0.0158. The van der Waals surface area contributed by atoms with E-state index < -0.39 is 65.0 Å². The fraction of sp³-hybridized carbons (Fsp3) is 0.412. The number of carbonyl (C=O) groups is 3. The van der Waals surface area contributed by atoms with E-state index in [1.54, 1.807) is 0 Å². The number of halogens is 4. The normalized spacial score (nSPS) is 15.1. The summed E-state index contributed by atoms with van der Waals surface area (Å²) in [5, 5.41) is 6.08. The first-order chi connectivity index (χ1) is 13.2. The van der Waals surface area contributed by atoms with E-state index in [4.69, 9.17) is 4.74 Å². The van der Waals surface area contributed by atoms with Gasteiger partial charge in [-0.05, 0) is 13.3 Å². The van der Waals surface area contributed by atoms with Crippen LogP contribution in [0.25, 0.3) is 0 Å². The third-order valence-corrected chi connectivity index (χ3v) is 3.77. The number of hydrazone groups is 1. The molecule has 0 aromatic heterocycles. The summed E-state index contributed by atoms with van der Waals surface area (Å²) in [6, 6.07) is -0.0158. The van der Waals surface area contributed by atoms with Gasteiger partial charge in [0.1, 0.15) is 11.4 Å². The molecule has 7 nitrogen and oxygen atoms in total. The molecule has 2 amide bonds. The summed E-state index contributed by atoms with van der Waals surface area (Å²) in [7, 11) is 0. The van der Waals surface area contributed by atoms with Crippen molar-refractivity contribution in [1.82, 2.24) is 5.32 Å². The fourth-order valence-corrected chi connectivity index (χ4v) is 2.30. The fourth-order valence-electron chi connectivity index (χ4n) is 2.30. The van der Waals surface area contributed by atoms with Crippen LogP contribution in [0.3, 0.4) is 0 Å². The van der Waals surface area contributed by atoms with Crippen molar-refractivity contribution in [1.29, 1.82) is 0 Å². The van der Waals surface area contributed by atoms with Gasteiger partial charge in [0.2, 0.25) is 5.91 Å². The summed E-state index contributed by atoms with van der Waals surface area (Å²) >= 11 is 0. The summed E-state index contributed by atoms with van der Waals surface area (Å²) in [5.41, 5.74) is -1.81. The molecule has 1 aliphatic rings. The van der Waals surface area contributed by atoms with Crippen LogP contribution in [0.4, 0.5) is 23.2 Å². The lowest BCUT2D eigenvalue weighted by atomic mass is 10.1. The van der Waals surface area contributed by atoms with Crippen molar-refractivity contribution in [3.63, 3.8) is 0 Å². The molecule has 11 heteroatoms. The van der Waals surface area contributed by atoms with Gasteiger partial charge in [0.15, 0.2) is 29.4 Å². The maximum atomic E-state index is 13.9. The smallest absolute Gasteiger partial charge is 0.355 e. The number of benzene rings is 1. The first-order valence-electron chi connectivity index (χ1n) is 8.39. The lowest BCUT2D eigenvalue weighted by molar-refractivity contribution is -0.148. The zero-order valence-electron chi connectivity index (χ0n) is 15.0. The van der Waals surface area contributed by atoms with E-state index in [1.165, 1.54) is 6.92 Å². The molecule has 0 saturated heterocycles. The van der Waals surface area contributed by atoms with Crippen molar-refractivity contribution in [2.75, 3.05) is 11.6 Å². The quantitative estimate of drug-likeness (QED) is 0.448. The van der Waals surface area contributed by atoms with Gasteiger partial charge in [-0.2, -0.15) is 10.1 Å².